The number of aromatic nitrogens is 2. The number of morpholine rings is 1. The number of halogens is 1. The fourth-order valence-electron chi connectivity index (χ4n) is 3.53. The molecule has 0 atom stereocenters. The molecule has 3 aromatic rings. The summed E-state index contributed by atoms with van der Waals surface area (Å²) >= 11 is 0. The summed E-state index contributed by atoms with van der Waals surface area (Å²) in [4.78, 5) is 33.2. The van der Waals surface area contributed by atoms with Gasteiger partial charge in [-0.25, -0.2) is 9.18 Å². The van der Waals surface area contributed by atoms with Crippen LogP contribution in [0.1, 0.15) is 12.5 Å². The second-order valence-corrected chi connectivity index (χ2v) is 6.81. The lowest BCUT2D eigenvalue weighted by Crippen LogP contribution is -2.43. The second-order valence-electron chi connectivity index (χ2n) is 6.81. The highest BCUT2D eigenvalue weighted by Gasteiger charge is 2.20. The highest BCUT2D eigenvalue weighted by molar-refractivity contribution is 5.82. The van der Waals surface area contributed by atoms with Gasteiger partial charge in [-0.3, -0.25) is 9.36 Å². The van der Waals surface area contributed by atoms with Crippen molar-refractivity contribution >= 4 is 16.6 Å². The minimum Gasteiger partial charge on any atom is -0.401 e. The molecule has 0 bridgehead atoms. The van der Waals surface area contributed by atoms with Crippen LogP contribution in [0.15, 0.2) is 52.1 Å². The monoisotopic (exact) mass is 399 g/mol. The van der Waals surface area contributed by atoms with E-state index in [4.69, 9.17) is 9.57 Å². The molecular weight excluding hydrogens is 377 g/mol. The standard InChI is InChI=1S/C21H22FN3O4/c1-2-24-18-13-19(23-8-10-28-11-9-23)17(22)12-16(18)20(26)25(21(24)27)29-14-15-6-4-3-5-7-15/h3-7,12-13H,2,8-11,14H2,1H3. The lowest BCUT2D eigenvalue weighted by Gasteiger charge is -2.29. The van der Waals surface area contributed by atoms with E-state index in [1.165, 1.54) is 10.6 Å². The maximum absolute atomic E-state index is 14.8. The minimum absolute atomic E-state index is 0.0551. The Morgan fingerprint density at radius 3 is 2.52 bits per heavy atom. The zero-order chi connectivity index (χ0) is 20.4. The Hall–Kier alpha value is -3.13. The Balaban J connectivity index is 1.81. The van der Waals surface area contributed by atoms with Gasteiger partial charge in [0.2, 0.25) is 0 Å². The Bertz CT molecular complexity index is 1130. The summed E-state index contributed by atoms with van der Waals surface area (Å²) in [6, 6.07) is 12.0. The maximum atomic E-state index is 14.8. The molecule has 1 aromatic heterocycles. The van der Waals surface area contributed by atoms with Gasteiger partial charge in [-0.15, -0.1) is 0 Å². The fourth-order valence-corrected chi connectivity index (χ4v) is 3.53. The second kappa shape index (κ2) is 8.08. The molecule has 7 nitrogen and oxygen atoms in total. The van der Waals surface area contributed by atoms with Gasteiger partial charge in [0.25, 0.3) is 5.56 Å². The number of nitrogens with zero attached hydrogens (tertiary/aromatic N) is 3. The van der Waals surface area contributed by atoms with Crippen LogP contribution in [-0.2, 0) is 17.9 Å². The van der Waals surface area contributed by atoms with E-state index in [0.717, 1.165) is 5.56 Å². The molecule has 2 heterocycles. The normalized spacial score (nSPS) is 14.3. The maximum Gasteiger partial charge on any atom is 0.365 e. The molecule has 29 heavy (non-hydrogen) atoms. The molecule has 0 saturated carbocycles. The van der Waals surface area contributed by atoms with Crippen molar-refractivity contribution in [1.29, 1.82) is 0 Å². The van der Waals surface area contributed by atoms with E-state index >= 15 is 0 Å². The Morgan fingerprint density at radius 1 is 1.10 bits per heavy atom. The fraction of sp³-hybridized carbons (Fsp3) is 0.333. The number of rotatable bonds is 5. The molecule has 1 aliphatic rings. The third-order valence-electron chi connectivity index (χ3n) is 5.05. The van der Waals surface area contributed by atoms with Crippen molar-refractivity contribution in [2.75, 3.05) is 31.2 Å². The van der Waals surface area contributed by atoms with Gasteiger partial charge in [-0.1, -0.05) is 35.1 Å². The van der Waals surface area contributed by atoms with Crippen molar-refractivity contribution in [3.05, 3.63) is 74.7 Å². The van der Waals surface area contributed by atoms with Gasteiger partial charge >= 0.3 is 5.69 Å². The summed E-state index contributed by atoms with van der Waals surface area (Å²) in [7, 11) is 0. The number of anilines is 1. The minimum atomic E-state index is -0.668. The van der Waals surface area contributed by atoms with E-state index in [-0.39, 0.29) is 12.0 Å². The average Bonchev–Trinajstić information content (AvgIpc) is 2.75. The van der Waals surface area contributed by atoms with Gasteiger partial charge in [0.1, 0.15) is 12.4 Å². The zero-order valence-corrected chi connectivity index (χ0v) is 16.1. The molecule has 0 spiro atoms. The molecule has 4 rings (SSSR count). The van der Waals surface area contributed by atoms with Crippen LogP contribution in [-0.4, -0.2) is 35.6 Å². The third-order valence-corrected chi connectivity index (χ3v) is 5.05. The highest BCUT2D eigenvalue weighted by atomic mass is 19.1. The van der Waals surface area contributed by atoms with E-state index in [1.807, 2.05) is 35.2 Å². The summed E-state index contributed by atoms with van der Waals surface area (Å²) in [5.74, 6) is -0.507. The SMILES string of the molecule is CCn1c(=O)n(OCc2ccccc2)c(=O)c2cc(F)c(N3CCOCC3)cc21. The Kier molecular flexibility index (Phi) is 5.35. The number of hydrogen-bond donors (Lipinski definition) is 0. The molecule has 2 aromatic carbocycles. The van der Waals surface area contributed by atoms with Crippen LogP contribution in [0.25, 0.3) is 10.9 Å². The number of fused-ring (bicyclic) bond motifs is 1. The lowest BCUT2D eigenvalue weighted by molar-refractivity contribution is 0.0774. The first-order valence-electron chi connectivity index (χ1n) is 9.59. The van der Waals surface area contributed by atoms with Crippen LogP contribution < -0.4 is 21.0 Å². The van der Waals surface area contributed by atoms with Crippen LogP contribution in [0.5, 0.6) is 0 Å². The quantitative estimate of drug-likeness (QED) is 0.655. The topological polar surface area (TPSA) is 65.7 Å². The number of hydrogen-bond acceptors (Lipinski definition) is 5. The summed E-state index contributed by atoms with van der Waals surface area (Å²) in [5, 5.41) is 0.106. The van der Waals surface area contributed by atoms with Gasteiger partial charge in [-0.2, -0.15) is 0 Å². The molecular formula is C21H22FN3O4. The number of benzene rings is 2. The van der Waals surface area contributed by atoms with Crippen molar-refractivity contribution in [3.8, 4) is 0 Å². The molecule has 0 aliphatic carbocycles. The van der Waals surface area contributed by atoms with Crippen molar-refractivity contribution < 1.29 is 14.0 Å². The van der Waals surface area contributed by atoms with Crippen LogP contribution in [0.4, 0.5) is 10.1 Å². The van der Waals surface area contributed by atoms with Gasteiger partial charge in [0, 0.05) is 19.6 Å². The van der Waals surface area contributed by atoms with Crippen LogP contribution in [0, 0.1) is 5.82 Å². The average molecular weight is 399 g/mol. The third kappa shape index (κ3) is 3.63. The van der Waals surface area contributed by atoms with Crippen molar-refractivity contribution in [2.45, 2.75) is 20.1 Å². The molecule has 0 radical (unpaired) electrons. The Morgan fingerprint density at radius 2 is 1.83 bits per heavy atom. The summed E-state index contributed by atoms with van der Waals surface area (Å²) in [6.07, 6.45) is 0. The molecule has 152 valence electrons. The first-order chi connectivity index (χ1) is 14.1. The molecule has 0 N–H and O–H groups in total. The van der Waals surface area contributed by atoms with Crippen molar-refractivity contribution in [2.24, 2.45) is 0 Å². The van der Waals surface area contributed by atoms with E-state index in [0.29, 0.717) is 48.8 Å². The predicted molar refractivity (Wildman–Crippen MR) is 108 cm³/mol. The predicted octanol–water partition coefficient (Wildman–Crippen LogP) is 1.79. The van der Waals surface area contributed by atoms with Crippen molar-refractivity contribution in [3.63, 3.8) is 0 Å². The van der Waals surface area contributed by atoms with Gasteiger partial charge in [0.05, 0.1) is 29.8 Å². The van der Waals surface area contributed by atoms with E-state index in [1.54, 1.807) is 13.0 Å². The zero-order valence-electron chi connectivity index (χ0n) is 16.1. The van der Waals surface area contributed by atoms with Crippen LogP contribution >= 0.6 is 0 Å². The highest BCUT2D eigenvalue weighted by Crippen LogP contribution is 2.25. The molecule has 0 unspecified atom stereocenters. The van der Waals surface area contributed by atoms with Crippen molar-refractivity contribution in [1.82, 2.24) is 9.30 Å². The summed E-state index contributed by atoms with van der Waals surface area (Å²) < 4.78 is 22.3. The summed E-state index contributed by atoms with van der Waals surface area (Å²) in [6.45, 7) is 4.29. The molecule has 1 aliphatic heterocycles. The molecule has 1 saturated heterocycles. The lowest BCUT2D eigenvalue weighted by atomic mass is 10.2. The van der Waals surface area contributed by atoms with Crippen LogP contribution in [0.3, 0.4) is 0 Å². The summed E-state index contributed by atoms with van der Waals surface area (Å²) in [5.41, 5.74) is 0.323. The Labute approximate surface area is 166 Å². The van der Waals surface area contributed by atoms with Gasteiger partial charge < -0.3 is 14.5 Å². The van der Waals surface area contributed by atoms with Gasteiger partial charge in [0.15, 0.2) is 0 Å². The van der Waals surface area contributed by atoms with E-state index in [2.05, 4.69) is 0 Å². The largest absolute Gasteiger partial charge is 0.401 e. The van der Waals surface area contributed by atoms with Crippen LogP contribution in [0.2, 0.25) is 0 Å². The van der Waals surface area contributed by atoms with Gasteiger partial charge in [-0.05, 0) is 24.6 Å². The molecule has 1 fully saturated rings. The first-order valence-corrected chi connectivity index (χ1v) is 9.59. The first kappa shape index (κ1) is 19.2. The number of aryl methyl sites for hydroxylation is 1. The van der Waals surface area contributed by atoms with E-state index < -0.39 is 17.1 Å². The van der Waals surface area contributed by atoms with E-state index in [9.17, 15) is 14.0 Å². The molecule has 0 amide bonds. The number of ether oxygens (including phenoxy) is 1. The smallest absolute Gasteiger partial charge is 0.365 e. The molecule has 8 heteroatoms.